The summed E-state index contributed by atoms with van der Waals surface area (Å²) in [4.78, 5) is 34.3. The number of urea groups is 1. The highest BCUT2D eigenvalue weighted by Gasteiger charge is 2.69. The summed E-state index contributed by atoms with van der Waals surface area (Å²) < 4.78 is 45.8. The van der Waals surface area contributed by atoms with Crippen LogP contribution in [-0.2, 0) is 9.53 Å². The number of nitro benzene ring substituents is 1. The summed E-state index contributed by atoms with van der Waals surface area (Å²) in [5.74, 6) is -3.64. The van der Waals surface area contributed by atoms with E-state index in [-0.39, 0.29) is 22.8 Å². The molecule has 2 rings (SSSR count). The minimum atomic E-state index is -5.38. The maximum atomic E-state index is 13.7. The van der Waals surface area contributed by atoms with Crippen molar-refractivity contribution in [1.82, 2.24) is 10.2 Å². The lowest BCUT2D eigenvalue weighted by molar-refractivity contribution is -0.384. The third kappa shape index (κ3) is 3.39. The van der Waals surface area contributed by atoms with Gasteiger partial charge in [-0.1, -0.05) is 12.1 Å². The molecule has 1 aliphatic rings. The van der Waals surface area contributed by atoms with Crippen LogP contribution in [-0.4, -0.2) is 52.5 Å². The predicted molar refractivity (Wildman–Crippen MR) is 83.3 cm³/mol. The van der Waals surface area contributed by atoms with Gasteiger partial charge in [0.15, 0.2) is 0 Å². The van der Waals surface area contributed by atoms with Gasteiger partial charge in [-0.3, -0.25) is 19.8 Å². The molecule has 0 spiro atoms. The minimum absolute atomic E-state index is 0.0174. The molecule has 1 heterocycles. The zero-order valence-electron chi connectivity index (χ0n) is 14.2. The van der Waals surface area contributed by atoms with E-state index in [1.54, 1.807) is 0 Å². The Bertz CT molecular complexity index is 754. The van der Waals surface area contributed by atoms with E-state index >= 15 is 0 Å². The fourth-order valence-corrected chi connectivity index (χ4v) is 2.89. The predicted octanol–water partition coefficient (Wildman–Crippen LogP) is 1.72. The fourth-order valence-electron chi connectivity index (χ4n) is 2.89. The normalized spacial score (nSPS) is 25.7. The first kappa shape index (κ1) is 20.4. The maximum absolute atomic E-state index is 13.7. The van der Waals surface area contributed by atoms with E-state index in [9.17, 15) is 38.0 Å². The summed E-state index contributed by atoms with van der Waals surface area (Å²) >= 11 is 0. The van der Waals surface area contributed by atoms with Crippen LogP contribution in [0.15, 0.2) is 24.3 Å². The number of esters is 1. The van der Waals surface area contributed by atoms with Gasteiger partial charge in [-0.05, 0) is 12.5 Å². The number of alkyl halides is 3. The van der Waals surface area contributed by atoms with Crippen molar-refractivity contribution in [3.05, 3.63) is 39.9 Å². The molecule has 1 aromatic carbocycles. The van der Waals surface area contributed by atoms with Crippen LogP contribution in [0.25, 0.3) is 0 Å². The molecule has 9 nitrogen and oxygen atoms in total. The number of hydrogen-bond donors (Lipinski definition) is 2. The summed E-state index contributed by atoms with van der Waals surface area (Å²) in [5, 5.41) is 23.4. The second-order valence-electron chi connectivity index (χ2n) is 5.79. The number of nitro groups is 1. The Labute approximate surface area is 150 Å². The van der Waals surface area contributed by atoms with Crippen molar-refractivity contribution in [2.24, 2.45) is 5.92 Å². The maximum Gasteiger partial charge on any atom is 0.437 e. The monoisotopic (exact) mass is 391 g/mol. The molecule has 3 atom stereocenters. The lowest BCUT2D eigenvalue weighted by Crippen LogP contribution is -2.73. The van der Waals surface area contributed by atoms with Gasteiger partial charge in [-0.15, -0.1) is 0 Å². The van der Waals surface area contributed by atoms with Crippen molar-refractivity contribution in [2.75, 3.05) is 13.7 Å². The van der Waals surface area contributed by atoms with Crippen LogP contribution in [0.5, 0.6) is 0 Å². The number of nitrogens with one attached hydrogen (secondary N) is 1. The van der Waals surface area contributed by atoms with Crippen LogP contribution in [0.2, 0.25) is 0 Å². The zero-order chi connectivity index (χ0) is 20.6. The molecule has 1 fully saturated rings. The topological polar surface area (TPSA) is 122 Å². The van der Waals surface area contributed by atoms with Crippen molar-refractivity contribution in [3.8, 4) is 0 Å². The summed E-state index contributed by atoms with van der Waals surface area (Å²) in [6.45, 7) is 1.12. The van der Waals surface area contributed by atoms with E-state index in [1.165, 1.54) is 6.92 Å². The molecule has 0 bridgehead atoms. The molecular formula is C15H16F3N3O6. The molecule has 1 aromatic rings. The van der Waals surface area contributed by atoms with E-state index in [0.29, 0.717) is 7.05 Å². The van der Waals surface area contributed by atoms with E-state index in [4.69, 9.17) is 0 Å². The second-order valence-corrected chi connectivity index (χ2v) is 5.79. The number of ether oxygens (including phenoxy) is 1. The molecule has 12 heteroatoms. The molecule has 148 valence electrons. The van der Waals surface area contributed by atoms with E-state index in [0.717, 1.165) is 24.3 Å². The molecule has 1 aliphatic heterocycles. The van der Waals surface area contributed by atoms with Crippen molar-refractivity contribution in [1.29, 1.82) is 0 Å². The lowest BCUT2D eigenvalue weighted by atomic mass is 9.81. The first-order chi connectivity index (χ1) is 12.4. The molecule has 0 unspecified atom stereocenters. The van der Waals surface area contributed by atoms with Gasteiger partial charge < -0.3 is 15.2 Å². The van der Waals surface area contributed by atoms with Gasteiger partial charge in [-0.25, -0.2) is 4.79 Å². The first-order valence-corrected chi connectivity index (χ1v) is 7.69. The molecule has 0 radical (unpaired) electrons. The molecular weight excluding hydrogens is 375 g/mol. The van der Waals surface area contributed by atoms with Gasteiger partial charge in [0.05, 0.1) is 17.6 Å². The molecule has 2 amide bonds. The van der Waals surface area contributed by atoms with E-state index < -0.39 is 40.8 Å². The standard InChI is InChI=1S/C15H16F3N3O6/c1-3-27-12(22)10-11(8-4-6-9(7-5-8)21(25)26)19-13(23)20(2)14(10,24)15(16,17)18/h4-7,10-11,24H,3H2,1-2H3,(H,19,23)/t10-,11-,14+/m0/s1. The highest BCUT2D eigenvalue weighted by atomic mass is 19.4. The first-order valence-electron chi connectivity index (χ1n) is 7.69. The van der Waals surface area contributed by atoms with Gasteiger partial charge in [0.25, 0.3) is 11.4 Å². The third-order valence-electron chi connectivity index (χ3n) is 4.28. The van der Waals surface area contributed by atoms with Crippen molar-refractivity contribution >= 4 is 17.7 Å². The molecule has 2 N–H and O–H groups in total. The summed E-state index contributed by atoms with van der Waals surface area (Å²) in [6.07, 6.45) is -5.38. The van der Waals surface area contributed by atoms with Gasteiger partial charge in [-0.2, -0.15) is 13.2 Å². The lowest BCUT2D eigenvalue weighted by Gasteiger charge is -2.49. The summed E-state index contributed by atoms with van der Waals surface area (Å²) in [6, 6.07) is 1.30. The van der Waals surface area contributed by atoms with Crippen LogP contribution >= 0.6 is 0 Å². The van der Waals surface area contributed by atoms with Crippen LogP contribution in [0.1, 0.15) is 18.5 Å². The Balaban J connectivity index is 2.61. The number of carbonyl (C=O) groups is 2. The number of aliphatic hydroxyl groups is 1. The quantitative estimate of drug-likeness (QED) is 0.458. The average molecular weight is 391 g/mol. The summed E-state index contributed by atoms with van der Waals surface area (Å²) in [5.41, 5.74) is -4.21. The number of amides is 2. The van der Waals surface area contributed by atoms with Gasteiger partial charge >= 0.3 is 18.2 Å². The Morgan fingerprint density at radius 2 is 1.96 bits per heavy atom. The number of carbonyl (C=O) groups excluding carboxylic acids is 2. The molecule has 0 saturated carbocycles. The highest BCUT2D eigenvalue weighted by Crippen LogP contribution is 2.46. The second kappa shape index (κ2) is 7.02. The number of benzene rings is 1. The van der Waals surface area contributed by atoms with Crippen molar-refractivity contribution < 1.29 is 37.5 Å². The molecule has 27 heavy (non-hydrogen) atoms. The van der Waals surface area contributed by atoms with Crippen LogP contribution in [0, 0.1) is 16.0 Å². The smallest absolute Gasteiger partial charge is 0.437 e. The molecule has 1 saturated heterocycles. The highest BCUT2D eigenvalue weighted by molar-refractivity contribution is 5.83. The number of rotatable bonds is 4. The van der Waals surface area contributed by atoms with E-state index in [2.05, 4.69) is 10.1 Å². The fraction of sp³-hybridized carbons (Fsp3) is 0.467. The van der Waals surface area contributed by atoms with Gasteiger partial charge in [0.2, 0.25) is 0 Å². The average Bonchev–Trinajstić information content (AvgIpc) is 2.58. The number of halogens is 3. The Morgan fingerprint density at radius 1 is 1.41 bits per heavy atom. The van der Waals surface area contributed by atoms with Crippen LogP contribution in [0.4, 0.5) is 23.7 Å². The van der Waals surface area contributed by atoms with Gasteiger partial charge in [0.1, 0.15) is 5.92 Å². The van der Waals surface area contributed by atoms with Crippen LogP contribution < -0.4 is 5.32 Å². The Hall–Kier alpha value is -2.89. The minimum Gasteiger partial charge on any atom is -0.466 e. The molecule has 0 aliphatic carbocycles. The summed E-state index contributed by atoms with van der Waals surface area (Å²) in [7, 11) is 0.696. The number of nitrogens with zero attached hydrogens (tertiary/aromatic N) is 2. The molecule has 0 aromatic heterocycles. The van der Waals surface area contributed by atoms with Crippen molar-refractivity contribution in [3.63, 3.8) is 0 Å². The SMILES string of the molecule is CCOC(=O)[C@@H]1[C@H](c2ccc([N+](=O)[O-])cc2)NC(=O)N(C)[C@]1(O)C(F)(F)F. The Kier molecular flexibility index (Phi) is 5.31. The van der Waals surface area contributed by atoms with Crippen LogP contribution in [0.3, 0.4) is 0 Å². The zero-order valence-corrected chi connectivity index (χ0v) is 14.2. The third-order valence-corrected chi connectivity index (χ3v) is 4.28. The van der Waals surface area contributed by atoms with Crippen molar-refractivity contribution in [2.45, 2.75) is 24.9 Å². The van der Waals surface area contributed by atoms with Gasteiger partial charge in [0, 0.05) is 19.2 Å². The largest absolute Gasteiger partial charge is 0.466 e. The number of non-ortho nitro benzene ring substituents is 1. The Morgan fingerprint density at radius 3 is 2.41 bits per heavy atom. The number of hydrogen-bond acceptors (Lipinski definition) is 6. The van der Waals surface area contributed by atoms with E-state index in [1.807, 2.05) is 0 Å².